The standard InChI is InChI=1S/C20H26N6O2/c1-3-21-20(23-15-19-25-24-18-6-4-5-11-26(18)19)22-14-16-7-9-17(10-8-16)28-13-12-27-2/h4-11H,3,12-15H2,1-2H3,(H2,21,22,23). The normalized spacial score (nSPS) is 11.6. The minimum absolute atomic E-state index is 0.531. The third-order valence-corrected chi connectivity index (χ3v) is 4.04. The van der Waals surface area contributed by atoms with Gasteiger partial charge in [-0.1, -0.05) is 18.2 Å². The molecule has 0 fully saturated rings. The number of hydrogen-bond acceptors (Lipinski definition) is 5. The Morgan fingerprint density at radius 1 is 1.07 bits per heavy atom. The molecule has 8 nitrogen and oxygen atoms in total. The molecule has 2 heterocycles. The van der Waals surface area contributed by atoms with Crippen molar-refractivity contribution in [1.82, 2.24) is 25.2 Å². The number of nitrogens with one attached hydrogen (secondary N) is 2. The van der Waals surface area contributed by atoms with Gasteiger partial charge in [0, 0.05) is 19.9 Å². The molecular formula is C20H26N6O2. The molecule has 0 spiro atoms. The Bertz CT molecular complexity index is 891. The summed E-state index contributed by atoms with van der Waals surface area (Å²) in [4.78, 5) is 4.64. The lowest BCUT2D eigenvalue weighted by molar-refractivity contribution is 0.146. The van der Waals surface area contributed by atoms with E-state index < -0.39 is 0 Å². The van der Waals surface area contributed by atoms with Gasteiger partial charge < -0.3 is 20.1 Å². The van der Waals surface area contributed by atoms with Crippen molar-refractivity contribution in [2.75, 3.05) is 26.9 Å². The zero-order valence-corrected chi connectivity index (χ0v) is 16.3. The van der Waals surface area contributed by atoms with Gasteiger partial charge in [0.1, 0.15) is 12.4 Å². The number of fused-ring (bicyclic) bond motifs is 1. The Balaban J connectivity index is 1.57. The first-order valence-corrected chi connectivity index (χ1v) is 9.31. The highest BCUT2D eigenvalue weighted by atomic mass is 16.5. The molecule has 0 aliphatic heterocycles. The number of guanidine groups is 1. The number of nitrogens with zero attached hydrogens (tertiary/aromatic N) is 4. The van der Waals surface area contributed by atoms with Gasteiger partial charge >= 0.3 is 0 Å². The van der Waals surface area contributed by atoms with Crippen LogP contribution in [0, 0.1) is 0 Å². The highest BCUT2D eigenvalue weighted by Gasteiger charge is 2.05. The van der Waals surface area contributed by atoms with Crippen LogP contribution in [0.3, 0.4) is 0 Å². The van der Waals surface area contributed by atoms with Crippen LogP contribution in [-0.4, -0.2) is 47.4 Å². The number of benzene rings is 1. The monoisotopic (exact) mass is 382 g/mol. The molecule has 8 heteroatoms. The van der Waals surface area contributed by atoms with Crippen LogP contribution in [0.1, 0.15) is 18.3 Å². The van der Waals surface area contributed by atoms with Crippen LogP contribution in [0.2, 0.25) is 0 Å². The summed E-state index contributed by atoms with van der Waals surface area (Å²) in [6.07, 6.45) is 1.95. The average Bonchev–Trinajstić information content (AvgIpc) is 3.14. The van der Waals surface area contributed by atoms with Crippen molar-refractivity contribution in [2.45, 2.75) is 20.0 Å². The molecule has 28 heavy (non-hydrogen) atoms. The van der Waals surface area contributed by atoms with E-state index in [1.807, 2.05) is 60.0 Å². The van der Waals surface area contributed by atoms with Gasteiger partial charge in [-0.2, -0.15) is 0 Å². The Hall–Kier alpha value is -3.13. The Morgan fingerprint density at radius 3 is 2.71 bits per heavy atom. The minimum atomic E-state index is 0.531. The topological polar surface area (TPSA) is 85.1 Å². The molecule has 0 atom stereocenters. The molecule has 0 aliphatic rings. The van der Waals surface area contributed by atoms with Crippen LogP contribution in [0.5, 0.6) is 5.75 Å². The lowest BCUT2D eigenvalue weighted by Gasteiger charge is -2.11. The van der Waals surface area contributed by atoms with E-state index in [1.54, 1.807) is 7.11 Å². The zero-order chi connectivity index (χ0) is 19.6. The van der Waals surface area contributed by atoms with Crippen LogP contribution in [0.4, 0.5) is 0 Å². The summed E-state index contributed by atoms with van der Waals surface area (Å²) in [6.45, 7) is 5.02. The predicted octanol–water partition coefficient (Wildman–Crippen LogP) is 2.01. The quantitative estimate of drug-likeness (QED) is 0.335. The SMILES string of the molecule is CCNC(=NCc1ccc(OCCOC)cc1)NCc1nnc2ccccn12. The molecule has 2 N–H and O–H groups in total. The summed E-state index contributed by atoms with van der Waals surface area (Å²) in [5, 5.41) is 15.0. The third kappa shape index (κ3) is 5.43. The highest BCUT2D eigenvalue weighted by molar-refractivity contribution is 5.79. The van der Waals surface area contributed by atoms with E-state index in [1.165, 1.54) is 0 Å². The molecule has 1 aromatic carbocycles. The van der Waals surface area contributed by atoms with Gasteiger partial charge in [-0.15, -0.1) is 10.2 Å². The summed E-state index contributed by atoms with van der Waals surface area (Å²) in [5.41, 5.74) is 1.93. The fraction of sp³-hybridized carbons (Fsp3) is 0.350. The first-order valence-electron chi connectivity index (χ1n) is 9.31. The van der Waals surface area contributed by atoms with Crippen molar-refractivity contribution in [3.63, 3.8) is 0 Å². The van der Waals surface area contributed by atoms with Gasteiger partial charge in [0.2, 0.25) is 0 Å². The van der Waals surface area contributed by atoms with E-state index in [0.29, 0.717) is 26.3 Å². The van der Waals surface area contributed by atoms with Crippen LogP contribution < -0.4 is 15.4 Å². The molecule has 0 saturated carbocycles. The second-order valence-electron chi connectivity index (χ2n) is 6.08. The highest BCUT2D eigenvalue weighted by Crippen LogP contribution is 2.12. The summed E-state index contributed by atoms with van der Waals surface area (Å²) in [7, 11) is 1.66. The van der Waals surface area contributed by atoms with Crippen LogP contribution in [0.15, 0.2) is 53.7 Å². The fourth-order valence-corrected chi connectivity index (χ4v) is 2.62. The summed E-state index contributed by atoms with van der Waals surface area (Å²) in [6, 6.07) is 13.8. The van der Waals surface area contributed by atoms with Crippen molar-refractivity contribution >= 4 is 11.6 Å². The Morgan fingerprint density at radius 2 is 1.93 bits per heavy atom. The summed E-state index contributed by atoms with van der Waals surface area (Å²) < 4.78 is 12.5. The van der Waals surface area contributed by atoms with E-state index in [4.69, 9.17) is 9.47 Å². The van der Waals surface area contributed by atoms with Gasteiger partial charge in [0.05, 0.1) is 19.7 Å². The van der Waals surface area contributed by atoms with Gasteiger partial charge in [0.25, 0.3) is 0 Å². The van der Waals surface area contributed by atoms with E-state index in [2.05, 4.69) is 25.8 Å². The number of rotatable bonds is 9. The number of ether oxygens (including phenoxy) is 2. The number of hydrogen-bond donors (Lipinski definition) is 2. The second-order valence-corrected chi connectivity index (χ2v) is 6.08. The molecule has 2 aromatic heterocycles. The zero-order valence-electron chi connectivity index (χ0n) is 16.3. The van der Waals surface area contributed by atoms with Gasteiger partial charge in [0.15, 0.2) is 17.4 Å². The molecule has 0 saturated heterocycles. The van der Waals surface area contributed by atoms with E-state index in [-0.39, 0.29) is 0 Å². The maximum absolute atomic E-state index is 5.58. The molecule has 0 aliphatic carbocycles. The number of methoxy groups -OCH3 is 1. The first-order chi connectivity index (χ1) is 13.8. The summed E-state index contributed by atoms with van der Waals surface area (Å²) >= 11 is 0. The van der Waals surface area contributed by atoms with E-state index in [9.17, 15) is 0 Å². The number of aromatic nitrogens is 3. The lowest BCUT2D eigenvalue weighted by atomic mass is 10.2. The lowest BCUT2D eigenvalue weighted by Crippen LogP contribution is -2.37. The van der Waals surface area contributed by atoms with Crippen molar-refractivity contribution in [1.29, 1.82) is 0 Å². The van der Waals surface area contributed by atoms with Gasteiger partial charge in [-0.25, -0.2) is 4.99 Å². The minimum Gasteiger partial charge on any atom is -0.491 e. The Labute approximate surface area is 164 Å². The Kier molecular flexibility index (Phi) is 7.20. The van der Waals surface area contributed by atoms with Crippen molar-refractivity contribution < 1.29 is 9.47 Å². The molecule has 0 unspecified atom stereocenters. The number of aliphatic imine (C=N–C) groups is 1. The fourth-order valence-electron chi connectivity index (χ4n) is 2.62. The van der Waals surface area contributed by atoms with Gasteiger partial charge in [-0.3, -0.25) is 4.40 Å². The van der Waals surface area contributed by atoms with Crippen LogP contribution in [-0.2, 0) is 17.8 Å². The van der Waals surface area contributed by atoms with Crippen LogP contribution >= 0.6 is 0 Å². The van der Waals surface area contributed by atoms with E-state index in [0.717, 1.165) is 35.3 Å². The largest absolute Gasteiger partial charge is 0.491 e. The molecule has 0 bridgehead atoms. The summed E-state index contributed by atoms with van der Waals surface area (Å²) in [5.74, 6) is 2.39. The molecular weight excluding hydrogens is 356 g/mol. The van der Waals surface area contributed by atoms with E-state index >= 15 is 0 Å². The first kappa shape index (κ1) is 19.6. The smallest absolute Gasteiger partial charge is 0.191 e. The van der Waals surface area contributed by atoms with Crippen molar-refractivity contribution in [3.8, 4) is 5.75 Å². The maximum atomic E-state index is 5.58. The predicted molar refractivity (Wildman–Crippen MR) is 108 cm³/mol. The number of pyridine rings is 1. The molecule has 3 rings (SSSR count). The molecule has 3 aromatic rings. The van der Waals surface area contributed by atoms with Crippen molar-refractivity contribution in [2.24, 2.45) is 4.99 Å². The van der Waals surface area contributed by atoms with Crippen molar-refractivity contribution in [3.05, 3.63) is 60.0 Å². The maximum Gasteiger partial charge on any atom is 0.191 e. The second kappa shape index (κ2) is 10.3. The average molecular weight is 382 g/mol. The third-order valence-electron chi connectivity index (χ3n) is 4.04. The van der Waals surface area contributed by atoms with Crippen LogP contribution in [0.25, 0.3) is 5.65 Å². The molecule has 0 amide bonds. The molecule has 148 valence electrons. The van der Waals surface area contributed by atoms with Gasteiger partial charge in [-0.05, 0) is 36.8 Å². The molecule has 0 radical (unpaired) electrons.